The number of amides is 1. The number of benzene rings is 2. The van der Waals surface area contributed by atoms with Crippen molar-refractivity contribution in [1.29, 1.82) is 5.26 Å². The van der Waals surface area contributed by atoms with Crippen LogP contribution in [-0.2, 0) is 4.79 Å². The van der Waals surface area contributed by atoms with E-state index >= 15 is 0 Å². The van der Waals surface area contributed by atoms with Gasteiger partial charge in [-0.05, 0) is 48.7 Å². The number of hydrogen-bond donors (Lipinski definition) is 2. The summed E-state index contributed by atoms with van der Waals surface area (Å²) in [5.74, 6) is 0.338. The molecule has 0 aromatic heterocycles. The van der Waals surface area contributed by atoms with Gasteiger partial charge < -0.3 is 10.6 Å². The molecular formula is C19H21N3O. The predicted octanol–water partition coefficient (Wildman–Crippen LogP) is 4.12. The molecule has 0 radical (unpaired) electrons. The first kappa shape index (κ1) is 16.6. The molecule has 118 valence electrons. The van der Waals surface area contributed by atoms with Crippen LogP contribution in [0.15, 0.2) is 48.5 Å². The maximum atomic E-state index is 12.2. The molecule has 4 nitrogen and oxygen atoms in total. The summed E-state index contributed by atoms with van der Waals surface area (Å²) in [6.07, 6.45) is 0. The van der Waals surface area contributed by atoms with Gasteiger partial charge in [0.25, 0.3) is 0 Å². The zero-order chi connectivity index (χ0) is 16.8. The van der Waals surface area contributed by atoms with E-state index in [1.54, 1.807) is 31.2 Å². The lowest BCUT2D eigenvalue weighted by molar-refractivity contribution is -0.116. The molecule has 0 saturated heterocycles. The lowest BCUT2D eigenvalue weighted by Crippen LogP contribution is -2.31. The van der Waals surface area contributed by atoms with Crippen molar-refractivity contribution in [2.75, 3.05) is 10.6 Å². The van der Waals surface area contributed by atoms with Gasteiger partial charge in [0.2, 0.25) is 5.91 Å². The molecule has 1 amide bonds. The van der Waals surface area contributed by atoms with Crippen molar-refractivity contribution < 1.29 is 4.79 Å². The predicted molar refractivity (Wildman–Crippen MR) is 93.4 cm³/mol. The maximum absolute atomic E-state index is 12.2. The SMILES string of the molecule is CC(C)c1ccc(N[C@@H](C)C(=O)Nc2cccc(C#N)c2)cc1. The first-order valence-electron chi connectivity index (χ1n) is 7.67. The number of nitrogens with zero attached hydrogens (tertiary/aromatic N) is 1. The molecule has 0 bridgehead atoms. The summed E-state index contributed by atoms with van der Waals surface area (Å²) >= 11 is 0. The fourth-order valence-electron chi connectivity index (χ4n) is 2.20. The minimum atomic E-state index is -0.384. The second-order valence-electron chi connectivity index (χ2n) is 5.82. The Labute approximate surface area is 137 Å². The summed E-state index contributed by atoms with van der Waals surface area (Å²) in [4.78, 5) is 12.2. The summed E-state index contributed by atoms with van der Waals surface area (Å²) in [6, 6.07) is 16.6. The first-order valence-corrected chi connectivity index (χ1v) is 7.67. The van der Waals surface area contributed by atoms with Crippen molar-refractivity contribution in [3.63, 3.8) is 0 Å². The molecule has 0 aliphatic heterocycles. The molecule has 0 aliphatic carbocycles. The quantitative estimate of drug-likeness (QED) is 0.873. The molecule has 0 aliphatic rings. The van der Waals surface area contributed by atoms with Crippen molar-refractivity contribution in [2.45, 2.75) is 32.7 Å². The first-order chi connectivity index (χ1) is 11.0. The van der Waals surface area contributed by atoms with Gasteiger partial charge in [0, 0.05) is 11.4 Å². The minimum Gasteiger partial charge on any atom is -0.374 e. The van der Waals surface area contributed by atoms with Crippen LogP contribution >= 0.6 is 0 Å². The molecule has 2 N–H and O–H groups in total. The van der Waals surface area contributed by atoms with Crippen LogP contribution < -0.4 is 10.6 Å². The largest absolute Gasteiger partial charge is 0.374 e. The third-order valence-electron chi connectivity index (χ3n) is 3.61. The smallest absolute Gasteiger partial charge is 0.246 e. The zero-order valence-electron chi connectivity index (χ0n) is 13.6. The lowest BCUT2D eigenvalue weighted by atomic mass is 10.0. The van der Waals surface area contributed by atoms with E-state index in [4.69, 9.17) is 5.26 Å². The highest BCUT2D eigenvalue weighted by atomic mass is 16.2. The van der Waals surface area contributed by atoms with Gasteiger partial charge in [0.05, 0.1) is 11.6 Å². The fraction of sp³-hybridized carbons (Fsp3) is 0.263. The summed E-state index contributed by atoms with van der Waals surface area (Å²) in [5.41, 5.74) is 3.31. The number of nitrogens with one attached hydrogen (secondary N) is 2. The van der Waals surface area contributed by atoms with E-state index in [1.807, 2.05) is 12.1 Å². The monoisotopic (exact) mass is 307 g/mol. The standard InChI is InChI=1S/C19H21N3O/c1-13(2)16-7-9-17(10-8-16)21-14(3)19(23)22-18-6-4-5-15(11-18)12-20/h4-11,13-14,21H,1-3H3,(H,22,23)/t14-/m0/s1. The van der Waals surface area contributed by atoms with Gasteiger partial charge in [-0.2, -0.15) is 5.26 Å². The van der Waals surface area contributed by atoms with Crippen LogP contribution in [0.4, 0.5) is 11.4 Å². The molecule has 1 atom stereocenters. The van der Waals surface area contributed by atoms with Gasteiger partial charge in [0.15, 0.2) is 0 Å². The molecule has 0 spiro atoms. The zero-order valence-corrected chi connectivity index (χ0v) is 13.6. The van der Waals surface area contributed by atoms with E-state index < -0.39 is 0 Å². The highest BCUT2D eigenvalue weighted by Gasteiger charge is 2.13. The van der Waals surface area contributed by atoms with Crippen LogP contribution in [0.3, 0.4) is 0 Å². The molecular weight excluding hydrogens is 286 g/mol. The van der Waals surface area contributed by atoms with Gasteiger partial charge >= 0.3 is 0 Å². The molecule has 23 heavy (non-hydrogen) atoms. The number of rotatable bonds is 5. The van der Waals surface area contributed by atoms with Crippen molar-refractivity contribution in [2.24, 2.45) is 0 Å². The Kier molecular flexibility index (Phi) is 5.37. The van der Waals surface area contributed by atoms with Crippen LogP contribution in [0.1, 0.15) is 37.8 Å². The molecule has 2 aromatic rings. The third-order valence-corrected chi connectivity index (χ3v) is 3.61. The average Bonchev–Trinajstić information content (AvgIpc) is 2.55. The summed E-state index contributed by atoms with van der Waals surface area (Å²) in [5, 5.41) is 14.9. The number of nitriles is 1. The lowest BCUT2D eigenvalue weighted by Gasteiger charge is -2.16. The Morgan fingerprint density at radius 1 is 1.04 bits per heavy atom. The number of anilines is 2. The van der Waals surface area contributed by atoms with Crippen molar-refractivity contribution >= 4 is 17.3 Å². The van der Waals surface area contributed by atoms with Crippen LogP contribution in [0.2, 0.25) is 0 Å². The van der Waals surface area contributed by atoms with Crippen molar-refractivity contribution in [3.05, 3.63) is 59.7 Å². The van der Waals surface area contributed by atoms with Gasteiger partial charge in [0.1, 0.15) is 6.04 Å². The number of carbonyl (C=O) groups excluding carboxylic acids is 1. The highest BCUT2D eigenvalue weighted by molar-refractivity contribution is 5.96. The van der Waals surface area contributed by atoms with Crippen LogP contribution in [-0.4, -0.2) is 11.9 Å². The molecule has 0 fully saturated rings. The molecule has 2 aromatic carbocycles. The third kappa shape index (κ3) is 4.58. The van der Waals surface area contributed by atoms with Crippen molar-refractivity contribution in [3.8, 4) is 6.07 Å². The molecule has 0 heterocycles. The van der Waals surface area contributed by atoms with Gasteiger partial charge in [-0.1, -0.05) is 32.0 Å². The van der Waals surface area contributed by atoms with E-state index in [0.717, 1.165) is 5.69 Å². The van der Waals surface area contributed by atoms with E-state index in [2.05, 4.69) is 42.7 Å². The Hall–Kier alpha value is -2.80. The van der Waals surface area contributed by atoms with E-state index in [0.29, 0.717) is 17.2 Å². The Balaban J connectivity index is 1.98. The highest BCUT2D eigenvalue weighted by Crippen LogP contribution is 2.18. The maximum Gasteiger partial charge on any atom is 0.246 e. The number of hydrogen-bond acceptors (Lipinski definition) is 3. The number of carbonyl (C=O) groups is 1. The molecule has 0 unspecified atom stereocenters. The average molecular weight is 307 g/mol. The van der Waals surface area contributed by atoms with Crippen LogP contribution in [0.25, 0.3) is 0 Å². The Morgan fingerprint density at radius 2 is 1.74 bits per heavy atom. The summed E-state index contributed by atoms with van der Waals surface area (Å²) in [7, 11) is 0. The second kappa shape index (κ2) is 7.46. The van der Waals surface area contributed by atoms with Crippen LogP contribution in [0, 0.1) is 11.3 Å². The minimum absolute atomic E-state index is 0.145. The second-order valence-corrected chi connectivity index (χ2v) is 5.82. The molecule has 2 rings (SSSR count). The Bertz CT molecular complexity index is 714. The summed E-state index contributed by atoms with van der Waals surface area (Å²) < 4.78 is 0. The molecule has 0 saturated carbocycles. The van der Waals surface area contributed by atoms with E-state index in [1.165, 1.54) is 5.56 Å². The topological polar surface area (TPSA) is 64.9 Å². The van der Waals surface area contributed by atoms with Gasteiger partial charge in [-0.3, -0.25) is 4.79 Å². The summed E-state index contributed by atoms with van der Waals surface area (Å²) in [6.45, 7) is 6.10. The molecule has 4 heteroatoms. The fourth-order valence-corrected chi connectivity index (χ4v) is 2.20. The van der Waals surface area contributed by atoms with Crippen LogP contribution in [0.5, 0.6) is 0 Å². The van der Waals surface area contributed by atoms with Gasteiger partial charge in [-0.25, -0.2) is 0 Å². The van der Waals surface area contributed by atoms with E-state index in [-0.39, 0.29) is 11.9 Å². The van der Waals surface area contributed by atoms with E-state index in [9.17, 15) is 4.79 Å². The van der Waals surface area contributed by atoms with Gasteiger partial charge in [-0.15, -0.1) is 0 Å². The Morgan fingerprint density at radius 3 is 2.35 bits per heavy atom. The normalized spacial score (nSPS) is 11.6. The van der Waals surface area contributed by atoms with Crippen molar-refractivity contribution in [1.82, 2.24) is 0 Å².